The number of aryl methyl sites for hydroxylation is 1. The molecule has 0 aliphatic rings. The number of aromatic nitrogens is 3. The van der Waals surface area contributed by atoms with Crippen molar-refractivity contribution in [1.29, 1.82) is 0 Å². The first-order chi connectivity index (χ1) is 8.65. The predicted molar refractivity (Wildman–Crippen MR) is 74.0 cm³/mol. The summed E-state index contributed by atoms with van der Waals surface area (Å²) < 4.78 is 2.07. The van der Waals surface area contributed by atoms with Crippen molar-refractivity contribution in [1.82, 2.24) is 14.8 Å². The third kappa shape index (κ3) is 2.37. The minimum absolute atomic E-state index is 0.796. The van der Waals surface area contributed by atoms with Gasteiger partial charge in [0.25, 0.3) is 0 Å². The van der Waals surface area contributed by atoms with Gasteiger partial charge in [-0.2, -0.15) is 5.10 Å². The Morgan fingerprint density at radius 2 is 2.11 bits per heavy atom. The van der Waals surface area contributed by atoms with Crippen LogP contribution < -0.4 is 5.32 Å². The van der Waals surface area contributed by atoms with Crippen molar-refractivity contribution in [3.63, 3.8) is 0 Å². The first-order valence-corrected chi connectivity index (χ1v) is 6.31. The lowest BCUT2D eigenvalue weighted by Crippen LogP contribution is -2.05. The molecule has 0 saturated carbocycles. The summed E-state index contributed by atoms with van der Waals surface area (Å²) in [6.07, 6.45) is 2.86. The molecule has 4 nitrogen and oxygen atoms in total. The first-order valence-electron chi connectivity index (χ1n) is 6.31. The summed E-state index contributed by atoms with van der Waals surface area (Å²) in [6.45, 7) is 7.18. The predicted octanol–water partition coefficient (Wildman–Crippen LogP) is 2.55. The van der Waals surface area contributed by atoms with E-state index in [0.717, 1.165) is 24.5 Å². The quantitative estimate of drug-likeness (QED) is 0.898. The third-order valence-corrected chi connectivity index (χ3v) is 3.30. The Hall–Kier alpha value is -1.84. The summed E-state index contributed by atoms with van der Waals surface area (Å²) in [6, 6.07) is 4.09. The maximum atomic E-state index is 4.61. The van der Waals surface area contributed by atoms with Gasteiger partial charge in [-0.25, -0.2) is 4.98 Å². The molecule has 0 saturated heterocycles. The molecular formula is C14H20N4. The molecule has 4 heteroatoms. The van der Waals surface area contributed by atoms with E-state index in [4.69, 9.17) is 0 Å². The van der Waals surface area contributed by atoms with E-state index < -0.39 is 0 Å². The monoisotopic (exact) mass is 244 g/mol. The first kappa shape index (κ1) is 12.6. The SMILES string of the molecule is CCc1c(C)nn(Cc2ccnc(NC)c2)c1C. The molecule has 0 aromatic carbocycles. The maximum Gasteiger partial charge on any atom is 0.125 e. The van der Waals surface area contributed by atoms with E-state index >= 15 is 0 Å². The Morgan fingerprint density at radius 1 is 1.33 bits per heavy atom. The molecule has 2 heterocycles. The van der Waals surface area contributed by atoms with Crippen LogP contribution in [-0.4, -0.2) is 21.8 Å². The highest BCUT2D eigenvalue weighted by Crippen LogP contribution is 2.15. The molecule has 0 bridgehead atoms. The molecule has 0 atom stereocenters. The van der Waals surface area contributed by atoms with Gasteiger partial charge in [0, 0.05) is 18.9 Å². The molecule has 2 aromatic heterocycles. The standard InChI is InChI=1S/C14H20N4/c1-5-13-10(2)17-18(11(13)3)9-12-6-7-16-14(8-12)15-4/h6-8H,5,9H2,1-4H3,(H,15,16). The molecule has 0 spiro atoms. The van der Waals surface area contributed by atoms with Crippen LogP contribution in [0.3, 0.4) is 0 Å². The Bertz CT molecular complexity index is 543. The number of hydrogen-bond acceptors (Lipinski definition) is 3. The van der Waals surface area contributed by atoms with Gasteiger partial charge < -0.3 is 5.32 Å². The van der Waals surface area contributed by atoms with Crippen molar-refractivity contribution < 1.29 is 0 Å². The zero-order chi connectivity index (χ0) is 13.1. The number of pyridine rings is 1. The number of rotatable bonds is 4. The minimum Gasteiger partial charge on any atom is -0.373 e. The Morgan fingerprint density at radius 3 is 2.72 bits per heavy atom. The van der Waals surface area contributed by atoms with Crippen molar-refractivity contribution in [2.24, 2.45) is 0 Å². The molecule has 0 fully saturated rings. The topological polar surface area (TPSA) is 42.7 Å². The van der Waals surface area contributed by atoms with Crippen LogP contribution in [0, 0.1) is 13.8 Å². The van der Waals surface area contributed by atoms with Crippen LogP contribution in [-0.2, 0) is 13.0 Å². The molecule has 96 valence electrons. The van der Waals surface area contributed by atoms with Crippen LogP contribution in [0.25, 0.3) is 0 Å². The van der Waals surface area contributed by atoms with Crippen LogP contribution in [0.15, 0.2) is 18.3 Å². The van der Waals surface area contributed by atoms with Crippen molar-refractivity contribution in [3.05, 3.63) is 40.8 Å². The molecular weight excluding hydrogens is 224 g/mol. The van der Waals surface area contributed by atoms with Crippen LogP contribution in [0.1, 0.15) is 29.4 Å². The fraction of sp³-hybridized carbons (Fsp3) is 0.429. The fourth-order valence-corrected chi connectivity index (χ4v) is 2.28. The summed E-state index contributed by atoms with van der Waals surface area (Å²) in [7, 11) is 1.88. The molecule has 18 heavy (non-hydrogen) atoms. The molecule has 0 aliphatic heterocycles. The second-order valence-corrected chi connectivity index (χ2v) is 4.46. The van der Waals surface area contributed by atoms with Gasteiger partial charge in [-0.05, 0) is 43.5 Å². The second kappa shape index (κ2) is 5.21. The highest BCUT2D eigenvalue weighted by molar-refractivity contribution is 5.37. The number of hydrogen-bond donors (Lipinski definition) is 1. The van der Waals surface area contributed by atoms with E-state index in [2.05, 4.69) is 46.9 Å². The van der Waals surface area contributed by atoms with Crippen molar-refractivity contribution in [2.75, 3.05) is 12.4 Å². The van der Waals surface area contributed by atoms with Crippen molar-refractivity contribution in [3.8, 4) is 0 Å². The van der Waals surface area contributed by atoms with Gasteiger partial charge in [-0.1, -0.05) is 6.92 Å². The van der Waals surface area contributed by atoms with Gasteiger partial charge in [-0.15, -0.1) is 0 Å². The van der Waals surface area contributed by atoms with Gasteiger partial charge in [0.1, 0.15) is 5.82 Å². The molecule has 0 unspecified atom stereocenters. The lowest BCUT2D eigenvalue weighted by molar-refractivity contribution is 0.657. The zero-order valence-corrected chi connectivity index (χ0v) is 11.5. The molecule has 0 aliphatic carbocycles. The third-order valence-electron chi connectivity index (χ3n) is 3.30. The lowest BCUT2D eigenvalue weighted by Gasteiger charge is -2.06. The van der Waals surface area contributed by atoms with Gasteiger partial charge in [0.15, 0.2) is 0 Å². The smallest absolute Gasteiger partial charge is 0.125 e. The largest absolute Gasteiger partial charge is 0.373 e. The average molecular weight is 244 g/mol. The van der Waals surface area contributed by atoms with Gasteiger partial charge >= 0.3 is 0 Å². The maximum absolute atomic E-state index is 4.61. The van der Waals surface area contributed by atoms with E-state index in [1.807, 2.05) is 19.3 Å². The molecule has 1 N–H and O–H groups in total. The fourth-order valence-electron chi connectivity index (χ4n) is 2.28. The van der Waals surface area contributed by atoms with Crippen molar-refractivity contribution in [2.45, 2.75) is 33.7 Å². The van der Waals surface area contributed by atoms with E-state index in [1.54, 1.807) is 0 Å². The minimum atomic E-state index is 0.796. The van der Waals surface area contributed by atoms with Gasteiger partial charge in [0.05, 0.1) is 12.2 Å². The molecule has 2 rings (SSSR count). The van der Waals surface area contributed by atoms with Gasteiger partial charge in [-0.3, -0.25) is 4.68 Å². The highest BCUT2D eigenvalue weighted by atomic mass is 15.3. The van der Waals surface area contributed by atoms with E-state index in [0.29, 0.717) is 0 Å². The Balaban J connectivity index is 2.28. The van der Waals surface area contributed by atoms with Crippen LogP contribution >= 0.6 is 0 Å². The summed E-state index contributed by atoms with van der Waals surface area (Å²) in [5.74, 6) is 0.893. The van der Waals surface area contributed by atoms with E-state index in [9.17, 15) is 0 Å². The van der Waals surface area contributed by atoms with Crippen LogP contribution in [0.4, 0.5) is 5.82 Å². The van der Waals surface area contributed by atoms with Crippen molar-refractivity contribution >= 4 is 5.82 Å². The number of anilines is 1. The number of nitrogens with zero attached hydrogens (tertiary/aromatic N) is 3. The zero-order valence-electron chi connectivity index (χ0n) is 11.5. The summed E-state index contributed by atoms with van der Waals surface area (Å²) >= 11 is 0. The second-order valence-electron chi connectivity index (χ2n) is 4.46. The Labute approximate surface area is 108 Å². The average Bonchev–Trinajstić information content (AvgIpc) is 2.64. The normalized spacial score (nSPS) is 10.7. The molecule has 2 aromatic rings. The van der Waals surface area contributed by atoms with Crippen LogP contribution in [0.2, 0.25) is 0 Å². The summed E-state index contributed by atoms with van der Waals surface area (Å²) in [4.78, 5) is 4.22. The lowest BCUT2D eigenvalue weighted by atomic mass is 10.1. The van der Waals surface area contributed by atoms with E-state index in [1.165, 1.54) is 16.8 Å². The number of nitrogens with one attached hydrogen (secondary N) is 1. The molecule has 0 radical (unpaired) electrons. The summed E-state index contributed by atoms with van der Waals surface area (Å²) in [5.41, 5.74) is 4.97. The Kier molecular flexibility index (Phi) is 3.65. The highest BCUT2D eigenvalue weighted by Gasteiger charge is 2.09. The van der Waals surface area contributed by atoms with Gasteiger partial charge in [0.2, 0.25) is 0 Å². The summed E-state index contributed by atoms with van der Waals surface area (Å²) in [5, 5.41) is 7.66. The van der Waals surface area contributed by atoms with Crippen LogP contribution in [0.5, 0.6) is 0 Å². The van der Waals surface area contributed by atoms with E-state index in [-0.39, 0.29) is 0 Å². The molecule has 0 amide bonds.